The molecule has 0 unspecified atom stereocenters. The van der Waals surface area contributed by atoms with Crippen molar-refractivity contribution in [3.8, 4) is 0 Å². The molecule has 3 heteroatoms. The van der Waals surface area contributed by atoms with E-state index in [2.05, 4.69) is 0 Å². The van der Waals surface area contributed by atoms with Crippen molar-refractivity contribution in [3.05, 3.63) is 41.5 Å². The van der Waals surface area contributed by atoms with Crippen molar-refractivity contribution in [1.82, 2.24) is 0 Å². The monoisotopic (exact) mass is 250 g/mol. The maximum Gasteiger partial charge on any atom is 0.181 e. The Bertz CT molecular complexity index is 520. The molecule has 1 aliphatic carbocycles. The van der Waals surface area contributed by atoms with Gasteiger partial charge in [0.15, 0.2) is 9.84 Å². The fourth-order valence-corrected chi connectivity index (χ4v) is 3.01. The Hall–Kier alpha value is -1.09. The van der Waals surface area contributed by atoms with Crippen molar-refractivity contribution in [2.75, 3.05) is 5.75 Å². The molecular formula is C14H18O2S. The fraction of sp³-hybridized carbons (Fsp3) is 0.429. The molecular weight excluding hydrogens is 232 g/mol. The summed E-state index contributed by atoms with van der Waals surface area (Å²) in [5.74, 6) is 0.765. The zero-order chi connectivity index (χ0) is 12.5. The average Bonchev–Trinajstić information content (AvgIpc) is 3.10. The number of benzene rings is 1. The fourth-order valence-electron chi connectivity index (χ4n) is 1.79. The van der Waals surface area contributed by atoms with Gasteiger partial charge in [0.1, 0.15) is 0 Å². The van der Waals surface area contributed by atoms with Gasteiger partial charge in [-0.25, -0.2) is 8.42 Å². The number of hydrogen-bond acceptors (Lipinski definition) is 2. The lowest BCUT2D eigenvalue weighted by atomic mass is 10.2. The van der Waals surface area contributed by atoms with Crippen molar-refractivity contribution >= 4 is 9.84 Å². The smallest absolute Gasteiger partial charge is 0.181 e. The number of allylic oxidation sites excluding steroid dienone is 1. The summed E-state index contributed by atoms with van der Waals surface area (Å²) in [4.78, 5) is 0.419. The van der Waals surface area contributed by atoms with Gasteiger partial charge >= 0.3 is 0 Å². The van der Waals surface area contributed by atoms with E-state index in [4.69, 9.17) is 0 Å². The third kappa shape index (κ3) is 3.19. The summed E-state index contributed by atoms with van der Waals surface area (Å²) in [5, 5.41) is 0. The number of rotatable bonds is 4. The molecule has 17 heavy (non-hydrogen) atoms. The predicted molar refractivity (Wildman–Crippen MR) is 69.7 cm³/mol. The molecule has 1 aromatic carbocycles. The molecule has 0 aromatic heterocycles. The maximum atomic E-state index is 12.0. The van der Waals surface area contributed by atoms with Gasteiger partial charge in [-0.3, -0.25) is 0 Å². The first kappa shape index (κ1) is 12.4. The van der Waals surface area contributed by atoms with Crippen molar-refractivity contribution in [3.63, 3.8) is 0 Å². The van der Waals surface area contributed by atoms with E-state index in [1.54, 1.807) is 12.1 Å². The zero-order valence-corrected chi connectivity index (χ0v) is 11.1. The topological polar surface area (TPSA) is 34.1 Å². The Morgan fingerprint density at radius 1 is 1.29 bits per heavy atom. The zero-order valence-electron chi connectivity index (χ0n) is 10.3. The van der Waals surface area contributed by atoms with E-state index in [0.29, 0.717) is 10.8 Å². The first-order chi connectivity index (χ1) is 7.99. The Morgan fingerprint density at radius 2 is 1.88 bits per heavy atom. The van der Waals surface area contributed by atoms with Crippen LogP contribution in [0.1, 0.15) is 25.3 Å². The second kappa shape index (κ2) is 4.65. The molecule has 2 rings (SSSR count). The molecule has 0 spiro atoms. The van der Waals surface area contributed by atoms with E-state index >= 15 is 0 Å². The van der Waals surface area contributed by atoms with E-state index < -0.39 is 9.84 Å². The van der Waals surface area contributed by atoms with Crippen LogP contribution in [0.3, 0.4) is 0 Å². The lowest BCUT2D eigenvalue weighted by molar-refractivity contribution is 0.599. The van der Waals surface area contributed by atoms with Crippen LogP contribution in [0.5, 0.6) is 0 Å². The molecule has 0 saturated heterocycles. The number of aryl methyl sites for hydroxylation is 1. The van der Waals surface area contributed by atoms with Crippen LogP contribution in [-0.2, 0) is 9.84 Å². The highest BCUT2D eigenvalue weighted by atomic mass is 32.2. The third-order valence-corrected chi connectivity index (χ3v) is 4.82. The second-order valence-corrected chi connectivity index (χ2v) is 6.85. The molecule has 0 N–H and O–H groups in total. The molecule has 1 aromatic rings. The molecule has 1 fully saturated rings. The molecule has 0 amide bonds. The van der Waals surface area contributed by atoms with E-state index in [1.165, 1.54) is 18.4 Å². The molecule has 92 valence electrons. The predicted octanol–water partition coefficient (Wildman–Crippen LogP) is 3.13. The highest BCUT2D eigenvalue weighted by molar-refractivity contribution is 7.91. The summed E-state index contributed by atoms with van der Waals surface area (Å²) in [6.45, 7) is 3.98. The SMILES string of the molecule is C/C(=C\CS(=O)(=O)c1ccc(C)cc1)C1CC1. The van der Waals surface area contributed by atoms with Gasteiger partial charge in [0.25, 0.3) is 0 Å². The third-order valence-electron chi connectivity index (χ3n) is 3.23. The molecule has 0 bridgehead atoms. The van der Waals surface area contributed by atoms with Gasteiger partial charge in [-0.15, -0.1) is 0 Å². The molecule has 0 heterocycles. The average molecular weight is 250 g/mol. The summed E-state index contributed by atoms with van der Waals surface area (Å²) in [7, 11) is -3.15. The van der Waals surface area contributed by atoms with Crippen molar-refractivity contribution in [2.45, 2.75) is 31.6 Å². The molecule has 0 atom stereocenters. The van der Waals surface area contributed by atoms with Gasteiger partial charge < -0.3 is 0 Å². The van der Waals surface area contributed by atoms with E-state index in [0.717, 1.165) is 5.56 Å². The van der Waals surface area contributed by atoms with Crippen LogP contribution in [0.25, 0.3) is 0 Å². The van der Waals surface area contributed by atoms with Crippen LogP contribution in [0.15, 0.2) is 40.8 Å². The number of sulfone groups is 1. The minimum atomic E-state index is -3.15. The van der Waals surface area contributed by atoms with Gasteiger partial charge in [-0.2, -0.15) is 0 Å². The summed E-state index contributed by atoms with van der Waals surface area (Å²) >= 11 is 0. The van der Waals surface area contributed by atoms with E-state index in [9.17, 15) is 8.42 Å². The molecule has 0 radical (unpaired) electrons. The largest absolute Gasteiger partial charge is 0.223 e. The van der Waals surface area contributed by atoms with E-state index in [-0.39, 0.29) is 5.75 Å². The van der Waals surface area contributed by atoms with Gasteiger partial charge in [-0.1, -0.05) is 29.3 Å². The highest BCUT2D eigenvalue weighted by Gasteiger charge is 2.23. The maximum absolute atomic E-state index is 12.0. The summed E-state index contributed by atoms with van der Waals surface area (Å²) in [5.41, 5.74) is 2.30. The van der Waals surface area contributed by atoms with Crippen molar-refractivity contribution < 1.29 is 8.42 Å². The van der Waals surface area contributed by atoms with Crippen molar-refractivity contribution in [2.24, 2.45) is 5.92 Å². The quantitative estimate of drug-likeness (QED) is 0.769. The first-order valence-electron chi connectivity index (χ1n) is 5.95. The Kier molecular flexibility index (Phi) is 3.38. The normalized spacial score (nSPS) is 17.2. The minimum Gasteiger partial charge on any atom is -0.223 e. The van der Waals surface area contributed by atoms with Gasteiger partial charge in [0.05, 0.1) is 10.6 Å². The molecule has 2 nitrogen and oxygen atoms in total. The summed E-state index contributed by atoms with van der Waals surface area (Å²) < 4.78 is 24.1. The lowest BCUT2D eigenvalue weighted by Crippen LogP contribution is -2.05. The minimum absolute atomic E-state index is 0.123. The van der Waals surface area contributed by atoms with Crippen LogP contribution in [-0.4, -0.2) is 14.2 Å². The highest BCUT2D eigenvalue weighted by Crippen LogP contribution is 2.36. The molecule has 0 aliphatic heterocycles. The molecule has 1 saturated carbocycles. The first-order valence-corrected chi connectivity index (χ1v) is 7.60. The standard InChI is InChI=1S/C14H18O2S/c1-11-3-7-14(8-4-11)17(15,16)10-9-12(2)13-5-6-13/h3-4,7-9,13H,5-6,10H2,1-2H3/b12-9+. The second-order valence-electron chi connectivity index (χ2n) is 4.82. The number of hydrogen-bond donors (Lipinski definition) is 0. The van der Waals surface area contributed by atoms with Gasteiger partial charge in [0, 0.05) is 0 Å². The van der Waals surface area contributed by atoms with E-state index in [1.807, 2.05) is 32.1 Å². The van der Waals surface area contributed by atoms with Gasteiger partial charge in [-0.05, 0) is 44.7 Å². The molecule has 1 aliphatic rings. The Morgan fingerprint density at radius 3 is 2.41 bits per heavy atom. The Labute approximate surface area is 103 Å². The Balaban J connectivity index is 2.13. The van der Waals surface area contributed by atoms with Crippen LogP contribution in [0.2, 0.25) is 0 Å². The van der Waals surface area contributed by atoms with Crippen LogP contribution in [0, 0.1) is 12.8 Å². The summed E-state index contributed by atoms with van der Waals surface area (Å²) in [6.07, 6.45) is 4.30. The summed E-state index contributed by atoms with van der Waals surface area (Å²) in [6, 6.07) is 7.05. The van der Waals surface area contributed by atoms with Crippen molar-refractivity contribution in [1.29, 1.82) is 0 Å². The van der Waals surface area contributed by atoms with Crippen LogP contribution >= 0.6 is 0 Å². The van der Waals surface area contributed by atoms with Crippen LogP contribution < -0.4 is 0 Å². The van der Waals surface area contributed by atoms with Crippen LogP contribution in [0.4, 0.5) is 0 Å². The van der Waals surface area contributed by atoms with Gasteiger partial charge in [0.2, 0.25) is 0 Å². The lowest BCUT2D eigenvalue weighted by Gasteiger charge is -2.03.